The van der Waals surface area contributed by atoms with E-state index >= 15 is 0 Å². The molecule has 0 bridgehead atoms. The van der Waals surface area contributed by atoms with Crippen LogP contribution < -0.4 is 9.80 Å². The van der Waals surface area contributed by atoms with Gasteiger partial charge in [-0.05, 0) is 126 Å². The maximum Gasteiger partial charge on any atom is 0.137 e. The minimum absolute atomic E-state index is 0.168. The molecule has 0 radical (unpaired) electrons. The van der Waals surface area contributed by atoms with Gasteiger partial charge in [0.1, 0.15) is 11.2 Å². The highest BCUT2D eigenvalue weighted by Gasteiger charge is 2.49. The molecule has 8 aromatic carbocycles. The number of para-hydroxylation sites is 3. The van der Waals surface area contributed by atoms with Gasteiger partial charge >= 0.3 is 0 Å². The number of hydrogen-bond donors (Lipinski definition) is 0. The summed E-state index contributed by atoms with van der Waals surface area (Å²) in [5.74, 6) is 0. The number of aryl methyl sites for hydroxylation is 2. The highest BCUT2D eigenvalue weighted by Crippen LogP contribution is 2.60. The molecule has 3 heteroatoms. The maximum atomic E-state index is 6.53. The fraction of sp³-hybridized carbons (Fsp3) is 0.0943. The smallest absolute Gasteiger partial charge is 0.137 e. The van der Waals surface area contributed by atoms with Gasteiger partial charge in [-0.3, -0.25) is 0 Å². The van der Waals surface area contributed by atoms with Crippen LogP contribution in [0, 0.1) is 0 Å². The quantitative estimate of drug-likeness (QED) is 0.163. The molecule has 11 rings (SSSR count). The highest BCUT2D eigenvalue weighted by atomic mass is 16.3. The van der Waals surface area contributed by atoms with E-state index in [-0.39, 0.29) is 5.41 Å². The fourth-order valence-electron chi connectivity index (χ4n) is 9.83. The van der Waals surface area contributed by atoms with Gasteiger partial charge < -0.3 is 14.2 Å². The van der Waals surface area contributed by atoms with Crippen LogP contribution in [0.5, 0.6) is 0 Å². The van der Waals surface area contributed by atoms with E-state index in [0.29, 0.717) is 0 Å². The molecule has 0 saturated carbocycles. The first-order valence-electron chi connectivity index (χ1n) is 19.8. The lowest BCUT2D eigenvalue weighted by Crippen LogP contribution is -2.27. The standard InChI is InChI=1S/C53H40N2O/c1-4-15-37(16-5-1)40-19-12-24-43(35-40)55(44-29-30-46-45-25-10-11-28-49(45)56-50(46)36-44)48-27-14-18-39-32-34-53(52(39)48)33-31-38-17-13-26-47(51(38)53)54(41-20-6-2-7-21-41)42-22-8-3-9-23-42/h1-30,35-36H,31-34H2/t53-/m1/s1. The molecule has 1 atom stereocenters. The van der Waals surface area contributed by atoms with E-state index in [0.717, 1.165) is 59.0 Å². The summed E-state index contributed by atoms with van der Waals surface area (Å²) in [5.41, 5.74) is 16.9. The summed E-state index contributed by atoms with van der Waals surface area (Å²) in [6, 6.07) is 70.6. The summed E-state index contributed by atoms with van der Waals surface area (Å²) in [6.07, 6.45) is 4.22. The normalized spacial score (nSPS) is 15.6. The van der Waals surface area contributed by atoms with Crippen molar-refractivity contribution < 1.29 is 4.42 Å². The third-order valence-electron chi connectivity index (χ3n) is 12.2. The molecule has 56 heavy (non-hydrogen) atoms. The summed E-state index contributed by atoms with van der Waals surface area (Å²) in [4.78, 5) is 4.97. The third-order valence-corrected chi connectivity index (χ3v) is 12.2. The SMILES string of the molecule is c1ccc(-c2cccc(N(c3ccc4c(c3)oc3ccccc34)c3cccc4c3[C@]3(CCc5cccc(N(c6ccccc6)c6ccccc6)c53)CC4)c2)cc1. The van der Waals surface area contributed by atoms with Crippen LogP contribution in [0.4, 0.5) is 34.1 Å². The highest BCUT2D eigenvalue weighted by molar-refractivity contribution is 6.06. The van der Waals surface area contributed by atoms with E-state index in [4.69, 9.17) is 4.42 Å². The van der Waals surface area contributed by atoms with Crippen LogP contribution in [0.2, 0.25) is 0 Å². The molecule has 3 nitrogen and oxygen atoms in total. The molecule has 0 N–H and O–H groups in total. The lowest BCUT2D eigenvalue weighted by atomic mass is 9.74. The molecule has 0 amide bonds. The Morgan fingerprint density at radius 2 is 0.875 bits per heavy atom. The number of rotatable bonds is 7. The Hall–Kier alpha value is -6.84. The van der Waals surface area contributed by atoms with Gasteiger partial charge in [0, 0.05) is 45.0 Å². The molecule has 1 aromatic heterocycles. The number of fused-ring (bicyclic) bond motifs is 7. The van der Waals surface area contributed by atoms with Crippen LogP contribution in [0.25, 0.3) is 33.1 Å². The molecular formula is C53H40N2O. The number of benzene rings is 8. The second-order valence-electron chi connectivity index (χ2n) is 15.2. The molecule has 0 aliphatic heterocycles. The van der Waals surface area contributed by atoms with E-state index < -0.39 is 0 Å². The molecule has 0 fully saturated rings. The number of anilines is 6. The van der Waals surface area contributed by atoms with E-state index in [1.165, 1.54) is 56.1 Å². The van der Waals surface area contributed by atoms with Crippen molar-refractivity contribution in [2.24, 2.45) is 0 Å². The van der Waals surface area contributed by atoms with Crippen molar-refractivity contribution in [2.75, 3.05) is 9.80 Å². The van der Waals surface area contributed by atoms with Crippen LogP contribution in [0.15, 0.2) is 199 Å². The van der Waals surface area contributed by atoms with E-state index in [1.54, 1.807) is 0 Å². The molecule has 0 unspecified atom stereocenters. The molecule has 9 aromatic rings. The van der Waals surface area contributed by atoms with Gasteiger partial charge in [0.25, 0.3) is 0 Å². The lowest BCUT2D eigenvalue weighted by molar-refractivity contribution is 0.508. The summed E-state index contributed by atoms with van der Waals surface area (Å²) < 4.78 is 6.53. The minimum atomic E-state index is -0.168. The second-order valence-corrected chi connectivity index (χ2v) is 15.2. The van der Waals surface area contributed by atoms with Crippen LogP contribution in [-0.4, -0.2) is 0 Å². The molecular weight excluding hydrogens is 681 g/mol. The average Bonchev–Trinajstić information content (AvgIpc) is 3.96. The fourth-order valence-corrected chi connectivity index (χ4v) is 9.83. The third kappa shape index (κ3) is 5.19. The van der Waals surface area contributed by atoms with Crippen molar-refractivity contribution in [2.45, 2.75) is 31.1 Å². The lowest BCUT2D eigenvalue weighted by Gasteiger charge is -2.37. The molecule has 1 spiro atoms. The summed E-state index contributed by atoms with van der Waals surface area (Å²) >= 11 is 0. The number of nitrogens with zero attached hydrogens (tertiary/aromatic N) is 2. The van der Waals surface area contributed by atoms with Crippen molar-refractivity contribution >= 4 is 56.1 Å². The first-order chi connectivity index (χ1) is 27.7. The van der Waals surface area contributed by atoms with E-state index in [2.05, 4.69) is 198 Å². The summed E-state index contributed by atoms with van der Waals surface area (Å²) in [6.45, 7) is 0. The van der Waals surface area contributed by atoms with Crippen molar-refractivity contribution in [3.63, 3.8) is 0 Å². The Balaban J connectivity index is 1.15. The van der Waals surface area contributed by atoms with E-state index in [9.17, 15) is 0 Å². The molecule has 1 heterocycles. The second kappa shape index (κ2) is 13.2. The first-order valence-corrected chi connectivity index (χ1v) is 19.8. The van der Waals surface area contributed by atoms with Crippen LogP contribution in [0.3, 0.4) is 0 Å². The van der Waals surface area contributed by atoms with Crippen molar-refractivity contribution in [1.82, 2.24) is 0 Å². The van der Waals surface area contributed by atoms with Crippen molar-refractivity contribution in [1.29, 1.82) is 0 Å². The molecule has 0 saturated heterocycles. The Morgan fingerprint density at radius 1 is 0.375 bits per heavy atom. The van der Waals surface area contributed by atoms with Gasteiger partial charge in [-0.2, -0.15) is 0 Å². The largest absolute Gasteiger partial charge is 0.456 e. The predicted molar refractivity (Wildman–Crippen MR) is 232 cm³/mol. The average molecular weight is 721 g/mol. The van der Waals surface area contributed by atoms with Gasteiger partial charge in [0.2, 0.25) is 0 Å². The zero-order valence-corrected chi connectivity index (χ0v) is 31.1. The molecule has 268 valence electrons. The number of furan rings is 1. The molecule has 2 aliphatic carbocycles. The Kier molecular flexibility index (Phi) is 7.67. The van der Waals surface area contributed by atoms with Crippen molar-refractivity contribution in [3.8, 4) is 11.1 Å². The van der Waals surface area contributed by atoms with Gasteiger partial charge in [-0.1, -0.05) is 121 Å². The monoisotopic (exact) mass is 720 g/mol. The van der Waals surface area contributed by atoms with Gasteiger partial charge in [0.05, 0.1) is 11.4 Å². The van der Waals surface area contributed by atoms with Crippen LogP contribution in [-0.2, 0) is 18.3 Å². The summed E-state index contributed by atoms with van der Waals surface area (Å²) in [5, 5.41) is 2.27. The zero-order valence-electron chi connectivity index (χ0n) is 31.1. The van der Waals surface area contributed by atoms with Gasteiger partial charge in [0.15, 0.2) is 0 Å². The predicted octanol–water partition coefficient (Wildman–Crippen LogP) is 14.4. The number of hydrogen-bond acceptors (Lipinski definition) is 3. The van der Waals surface area contributed by atoms with Gasteiger partial charge in [-0.25, -0.2) is 0 Å². The topological polar surface area (TPSA) is 19.6 Å². The minimum Gasteiger partial charge on any atom is -0.456 e. The van der Waals surface area contributed by atoms with Crippen LogP contribution in [0.1, 0.15) is 35.1 Å². The van der Waals surface area contributed by atoms with Crippen LogP contribution >= 0.6 is 0 Å². The zero-order chi connectivity index (χ0) is 37.1. The Bertz CT molecular complexity index is 2840. The Morgan fingerprint density at radius 3 is 1.54 bits per heavy atom. The summed E-state index contributed by atoms with van der Waals surface area (Å²) in [7, 11) is 0. The van der Waals surface area contributed by atoms with Crippen molar-refractivity contribution in [3.05, 3.63) is 216 Å². The maximum absolute atomic E-state index is 6.53. The Labute approximate surface area is 327 Å². The van der Waals surface area contributed by atoms with E-state index in [1.807, 2.05) is 6.07 Å². The van der Waals surface area contributed by atoms with Gasteiger partial charge in [-0.15, -0.1) is 0 Å². The first kappa shape index (κ1) is 32.6. The molecule has 2 aliphatic rings.